The first-order chi connectivity index (χ1) is 14.6. The first-order valence-corrected chi connectivity index (χ1v) is 10.5. The number of hydrogen-bond acceptors (Lipinski definition) is 4. The van der Waals surface area contributed by atoms with Gasteiger partial charge in [0, 0.05) is 45.8 Å². The van der Waals surface area contributed by atoms with Crippen LogP contribution in [0.25, 0.3) is 0 Å². The molecule has 156 valence electrons. The summed E-state index contributed by atoms with van der Waals surface area (Å²) >= 11 is 0. The molecule has 1 fully saturated rings. The van der Waals surface area contributed by atoms with Crippen molar-refractivity contribution in [1.29, 1.82) is 0 Å². The van der Waals surface area contributed by atoms with E-state index in [1.165, 1.54) is 11.1 Å². The molecule has 1 aliphatic heterocycles. The smallest absolute Gasteiger partial charge is 0.239 e. The third-order valence-corrected chi connectivity index (χ3v) is 5.73. The van der Waals surface area contributed by atoms with Gasteiger partial charge >= 0.3 is 0 Å². The van der Waals surface area contributed by atoms with Gasteiger partial charge in [0.05, 0.1) is 24.1 Å². The Balaban J connectivity index is 1.42. The number of nitrogens with zero attached hydrogens (tertiary/aromatic N) is 4. The number of piperazine rings is 1. The maximum atomic E-state index is 12.9. The van der Waals surface area contributed by atoms with Gasteiger partial charge in [-0.05, 0) is 11.1 Å². The molecule has 0 bridgehead atoms. The van der Waals surface area contributed by atoms with Crippen LogP contribution in [0.4, 0.5) is 0 Å². The fourth-order valence-electron chi connectivity index (χ4n) is 4.20. The minimum atomic E-state index is -0.550. The molecule has 3 aromatic rings. The second-order valence-corrected chi connectivity index (χ2v) is 7.93. The second-order valence-electron chi connectivity index (χ2n) is 7.93. The molecule has 2 aromatic carbocycles. The standard InChI is InChI=1S/C24H29N5O/c1-27-17-21(26-18-27)16-22(25)24(30)29-14-12-28(13-15-29)23(19-8-4-2-5-9-19)20-10-6-3-7-11-20/h2-11,17-18,22-23H,12-16,25H2,1H3. The highest BCUT2D eigenvalue weighted by atomic mass is 16.2. The number of amides is 1. The van der Waals surface area contributed by atoms with Crippen LogP contribution in [-0.4, -0.2) is 57.5 Å². The van der Waals surface area contributed by atoms with E-state index in [9.17, 15) is 4.79 Å². The molecule has 2 heterocycles. The van der Waals surface area contributed by atoms with Crippen molar-refractivity contribution in [3.63, 3.8) is 0 Å². The molecule has 1 unspecified atom stereocenters. The van der Waals surface area contributed by atoms with Crippen LogP contribution < -0.4 is 5.73 Å². The van der Waals surface area contributed by atoms with Crippen LogP contribution in [0.1, 0.15) is 22.9 Å². The van der Waals surface area contributed by atoms with Crippen molar-refractivity contribution in [2.45, 2.75) is 18.5 Å². The summed E-state index contributed by atoms with van der Waals surface area (Å²) in [6.07, 6.45) is 4.12. The van der Waals surface area contributed by atoms with Crippen LogP contribution in [0.2, 0.25) is 0 Å². The highest BCUT2D eigenvalue weighted by Gasteiger charge is 2.30. The maximum Gasteiger partial charge on any atom is 0.239 e. The van der Waals surface area contributed by atoms with E-state index in [4.69, 9.17) is 5.73 Å². The van der Waals surface area contributed by atoms with Crippen LogP contribution in [-0.2, 0) is 18.3 Å². The Kier molecular flexibility index (Phi) is 6.26. The number of rotatable bonds is 6. The molecule has 6 heteroatoms. The zero-order valence-corrected chi connectivity index (χ0v) is 17.4. The summed E-state index contributed by atoms with van der Waals surface area (Å²) in [6, 6.07) is 20.8. The molecule has 1 aromatic heterocycles. The Hall–Kier alpha value is -2.96. The lowest BCUT2D eigenvalue weighted by molar-refractivity contribution is -0.134. The third-order valence-electron chi connectivity index (χ3n) is 5.73. The molecular weight excluding hydrogens is 374 g/mol. The molecule has 0 radical (unpaired) electrons. The number of imidazole rings is 1. The quantitative estimate of drug-likeness (QED) is 0.685. The summed E-state index contributed by atoms with van der Waals surface area (Å²) in [4.78, 5) is 21.5. The predicted molar refractivity (Wildman–Crippen MR) is 118 cm³/mol. The van der Waals surface area contributed by atoms with Gasteiger partial charge in [0.2, 0.25) is 5.91 Å². The molecule has 6 nitrogen and oxygen atoms in total. The van der Waals surface area contributed by atoms with E-state index in [1.54, 1.807) is 6.33 Å². The first-order valence-electron chi connectivity index (χ1n) is 10.5. The van der Waals surface area contributed by atoms with E-state index < -0.39 is 6.04 Å². The predicted octanol–water partition coefficient (Wildman–Crippen LogP) is 2.22. The lowest BCUT2D eigenvalue weighted by atomic mass is 9.96. The Labute approximate surface area is 177 Å². The Morgan fingerprint density at radius 3 is 2.03 bits per heavy atom. The van der Waals surface area contributed by atoms with Gasteiger partial charge in [-0.25, -0.2) is 4.98 Å². The van der Waals surface area contributed by atoms with Crippen molar-refractivity contribution in [2.24, 2.45) is 12.8 Å². The summed E-state index contributed by atoms with van der Waals surface area (Å²) in [5.74, 6) is 0.0104. The molecule has 4 rings (SSSR count). The minimum Gasteiger partial charge on any atom is -0.340 e. The van der Waals surface area contributed by atoms with Crippen molar-refractivity contribution in [3.05, 3.63) is 90.0 Å². The third kappa shape index (κ3) is 4.61. The molecule has 1 aliphatic rings. The van der Waals surface area contributed by atoms with Gasteiger partial charge < -0.3 is 15.2 Å². The lowest BCUT2D eigenvalue weighted by Gasteiger charge is -2.40. The van der Waals surface area contributed by atoms with Crippen molar-refractivity contribution in [3.8, 4) is 0 Å². The van der Waals surface area contributed by atoms with Gasteiger partial charge in [-0.1, -0.05) is 60.7 Å². The highest BCUT2D eigenvalue weighted by Crippen LogP contribution is 2.29. The summed E-state index contributed by atoms with van der Waals surface area (Å²) in [6.45, 7) is 3.00. The van der Waals surface area contributed by atoms with E-state index in [0.717, 1.165) is 18.8 Å². The number of hydrogen-bond donors (Lipinski definition) is 1. The maximum absolute atomic E-state index is 12.9. The van der Waals surface area contributed by atoms with Crippen LogP contribution in [0.5, 0.6) is 0 Å². The largest absolute Gasteiger partial charge is 0.340 e. The number of nitrogens with two attached hydrogens (primary N) is 1. The molecule has 0 saturated carbocycles. The number of aryl methyl sites for hydroxylation is 1. The number of carbonyl (C=O) groups excluding carboxylic acids is 1. The van der Waals surface area contributed by atoms with Crippen molar-refractivity contribution < 1.29 is 4.79 Å². The molecule has 2 N–H and O–H groups in total. The molecular formula is C24H29N5O. The Bertz CT molecular complexity index is 908. The minimum absolute atomic E-state index is 0.0104. The van der Waals surface area contributed by atoms with Crippen molar-refractivity contribution in [2.75, 3.05) is 26.2 Å². The van der Waals surface area contributed by atoms with E-state index >= 15 is 0 Å². The summed E-state index contributed by atoms with van der Waals surface area (Å²) in [5.41, 5.74) is 9.61. The van der Waals surface area contributed by atoms with Crippen molar-refractivity contribution in [1.82, 2.24) is 19.4 Å². The van der Waals surface area contributed by atoms with Crippen LogP contribution in [0, 0.1) is 0 Å². The second kappa shape index (κ2) is 9.24. The van der Waals surface area contributed by atoms with E-state index in [1.807, 2.05) is 34.8 Å². The van der Waals surface area contributed by atoms with Gasteiger partial charge in [-0.15, -0.1) is 0 Å². The average Bonchev–Trinajstić information content (AvgIpc) is 3.20. The van der Waals surface area contributed by atoms with Gasteiger partial charge in [-0.3, -0.25) is 9.69 Å². The van der Waals surface area contributed by atoms with Gasteiger partial charge in [0.25, 0.3) is 0 Å². The summed E-state index contributed by atoms with van der Waals surface area (Å²) < 4.78 is 1.87. The zero-order chi connectivity index (χ0) is 20.9. The summed E-state index contributed by atoms with van der Waals surface area (Å²) in [7, 11) is 1.92. The van der Waals surface area contributed by atoms with Crippen LogP contribution in [0.15, 0.2) is 73.2 Å². The van der Waals surface area contributed by atoms with Crippen LogP contribution >= 0.6 is 0 Å². The topological polar surface area (TPSA) is 67.4 Å². The molecule has 30 heavy (non-hydrogen) atoms. The lowest BCUT2D eigenvalue weighted by Crippen LogP contribution is -2.54. The fraction of sp³-hybridized carbons (Fsp3) is 0.333. The fourth-order valence-corrected chi connectivity index (χ4v) is 4.20. The highest BCUT2D eigenvalue weighted by molar-refractivity contribution is 5.82. The number of aromatic nitrogens is 2. The molecule has 0 aliphatic carbocycles. The number of carbonyl (C=O) groups is 1. The average molecular weight is 404 g/mol. The zero-order valence-electron chi connectivity index (χ0n) is 17.4. The van der Waals surface area contributed by atoms with E-state index in [0.29, 0.717) is 19.5 Å². The SMILES string of the molecule is Cn1cnc(CC(N)C(=O)N2CCN(C(c3ccccc3)c3ccccc3)CC2)c1. The van der Waals surface area contributed by atoms with Gasteiger partial charge in [0.15, 0.2) is 0 Å². The van der Waals surface area contributed by atoms with Crippen molar-refractivity contribution >= 4 is 5.91 Å². The van der Waals surface area contributed by atoms with Crippen LogP contribution in [0.3, 0.4) is 0 Å². The Morgan fingerprint density at radius 1 is 0.967 bits per heavy atom. The van der Waals surface area contributed by atoms with Gasteiger partial charge in [-0.2, -0.15) is 0 Å². The summed E-state index contributed by atoms with van der Waals surface area (Å²) in [5, 5.41) is 0. The molecule has 1 amide bonds. The molecule has 0 spiro atoms. The van der Waals surface area contributed by atoms with E-state index in [-0.39, 0.29) is 11.9 Å². The molecule has 1 atom stereocenters. The van der Waals surface area contributed by atoms with E-state index in [2.05, 4.69) is 58.4 Å². The number of benzene rings is 2. The normalized spacial score (nSPS) is 16.0. The monoisotopic (exact) mass is 403 g/mol. The van der Waals surface area contributed by atoms with Gasteiger partial charge in [0.1, 0.15) is 0 Å². The Morgan fingerprint density at radius 2 is 1.53 bits per heavy atom. The molecule has 1 saturated heterocycles. The first kappa shape index (κ1) is 20.3.